The summed E-state index contributed by atoms with van der Waals surface area (Å²) >= 11 is 0. The number of aromatic nitrogens is 2. The molecule has 2 rings (SSSR count). The summed E-state index contributed by atoms with van der Waals surface area (Å²) in [7, 11) is 1.75. The minimum atomic E-state index is 0.316. The van der Waals surface area contributed by atoms with Crippen LogP contribution in [0.5, 0.6) is 0 Å². The van der Waals surface area contributed by atoms with Crippen LogP contribution in [0.3, 0.4) is 0 Å². The summed E-state index contributed by atoms with van der Waals surface area (Å²) in [5.41, 5.74) is 1.35. The van der Waals surface area contributed by atoms with Crippen LogP contribution in [0, 0.1) is 6.92 Å². The molecule has 6 heteroatoms. The molecule has 0 fully saturated rings. The topological polar surface area (TPSA) is 75.3 Å². The summed E-state index contributed by atoms with van der Waals surface area (Å²) in [5, 5.41) is 10.3. The van der Waals surface area contributed by atoms with Gasteiger partial charge < -0.3 is 15.2 Å². The van der Waals surface area contributed by atoms with Gasteiger partial charge in [0.15, 0.2) is 11.8 Å². The molecule has 0 radical (unpaired) electrons. The summed E-state index contributed by atoms with van der Waals surface area (Å²) in [6.07, 6.45) is 2.07. The van der Waals surface area contributed by atoms with E-state index in [4.69, 9.17) is 4.52 Å². The number of aryl methyl sites for hydroxylation is 2. The predicted molar refractivity (Wildman–Crippen MR) is 86.6 cm³/mol. The molecule has 22 heavy (non-hydrogen) atoms. The van der Waals surface area contributed by atoms with Crippen molar-refractivity contribution in [2.75, 3.05) is 7.05 Å². The highest BCUT2D eigenvalue weighted by Crippen LogP contribution is 2.04. The Balaban J connectivity index is 1.74. The van der Waals surface area contributed by atoms with Gasteiger partial charge in [0, 0.05) is 13.1 Å². The summed E-state index contributed by atoms with van der Waals surface area (Å²) in [5.74, 6) is 1.92. The SMILES string of the molecule is CN=C(NCc1nc(C)no1)NC(C)CCc1ccccc1. The van der Waals surface area contributed by atoms with Crippen molar-refractivity contribution < 1.29 is 4.52 Å². The van der Waals surface area contributed by atoms with E-state index in [1.807, 2.05) is 6.07 Å². The van der Waals surface area contributed by atoms with Crippen molar-refractivity contribution in [3.05, 3.63) is 47.6 Å². The molecule has 0 aliphatic rings. The van der Waals surface area contributed by atoms with Crippen LogP contribution in [0.1, 0.15) is 30.6 Å². The maximum atomic E-state index is 5.06. The van der Waals surface area contributed by atoms with Gasteiger partial charge in [-0.15, -0.1) is 0 Å². The van der Waals surface area contributed by atoms with E-state index in [1.165, 1.54) is 5.56 Å². The first-order valence-corrected chi connectivity index (χ1v) is 7.47. The van der Waals surface area contributed by atoms with Crippen LogP contribution in [0.25, 0.3) is 0 Å². The highest BCUT2D eigenvalue weighted by Gasteiger charge is 2.07. The van der Waals surface area contributed by atoms with Crippen molar-refractivity contribution in [3.8, 4) is 0 Å². The van der Waals surface area contributed by atoms with Gasteiger partial charge in [-0.05, 0) is 32.3 Å². The van der Waals surface area contributed by atoms with Gasteiger partial charge in [0.2, 0.25) is 5.89 Å². The molecule has 0 amide bonds. The highest BCUT2D eigenvalue weighted by molar-refractivity contribution is 5.79. The monoisotopic (exact) mass is 301 g/mol. The zero-order valence-electron chi connectivity index (χ0n) is 13.3. The van der Waals surface area contributed by atoms with E-state index in [-0.39, 0.29) is 0 Å². The molecule has 1 aromatic carbocycles. The second-order valence-electron chi connectivity index (χ2n) is 5.23. The molecule has 2 N–H and O–H groups in total. The van der Waals surface area contributed by atoms with E-state index < -0.39 is 0 Å². The number of rotatable bonds is 6. The number of hydrogen-bond acceptors (Lipinski definition) is 4. The van der Waals surface area contributed by atoms with Gasteiger partial charge in [-0.25, -0.2) is 0 Å². The maximum Gasteiger partial charge on any atom is 0.246 e. The molecule has 0 saturated carbocycles. The lowest BCUT2D eigenvalue weighted by atomic mass is 10.1. The van der Waals surface area contributed by atoms with Gasteiger partial charge in [-0.3, -0.25) is 4.99 Å². The Morgan fingerprint density at radius 3 is 2.73 bits per heavy atom. The third kappa shape index (κ3) is 5.20. The van der Waals surface area contributed by atoms with Crippen molar-refractivity contribution in [2.45, 2.75) is 39.3 Å². The van der Waals surface area contributed by atoms with Crippen molar-refractivity contribution in [1.82, 2.24) is 20.8 Å². The molecular formula is C16H23N5O. The first-order chi connectivity index (χ1) is 10.7. The third-order valence-corrected chi connectivity index (χ3v) is 3.29. The van der Waals surface area contributed by atoms with Crippen LogP contribution in [0.2, 0.25) is 0 Å². The van der Waals surface area contributed by atoms with Crippen molar-refractivity contribution in [3.63, 3.8) is 0 Å². The summed E-state index contributed by atoms with van der Waals surface area (Å²) in [6, 6.07) is 10.8. The molecule has 0 bridgehead atoms. The van der Waals surface area contributed by atoms with Crippen molar-refractivity contribution in [2.24, 2.45) is 4.99 Å². The molecule has 0 saturated heterocycles. The Morgan fingerprint density at radius 1 is 1.32 bits per heavy atom. The Morgan fingerprint density at radius 2 is 2.09 bits per heavy atom. The Labute approximate surface area is 131 Å². The first-order valence-electron chi connectivity index (χ1n) is 7.47. The second kappa shape index (κ2) is 8.17. The summed E-state index contributed by atoms with van der Waals surface area (Å²) in [6.45, 7) is 4.41. The number of benzene rings is 1. The fourth-order valence-electron chi connectivity index (χ4n) is 2.10. The molecule has 0 aliphatic carbocycles. The molecule has 2 aromatic rings. The molecule has 118 valence electrons. The highest BCUT2D eigenvalue weighted by atomic mass is 16.5. The minimum Gasteiger partial charge on any atom is -0.354 e. The van der Waals surface area contributed by atoms with E-state index >= 15 is 0 Å². The van der Waals surface area contributed by atoms with Gasteiger partial charge in [0.25, 0.3) is 0 Å². The molecular weight excluding hydrogens is 278 g/mol. The Hall–Kier alpha value is -2.37. The summed E-state index contributed by atoms with van der Waals surface area (Å²) < 4.78 is 5.06. The van der Waals surface area contributed by atoms with Gasteiger partial charge >= 0.3 is 0 Å². The lowest BCUT2D eigenvalue weighted by Crippen LogP contribution is -2.42. The largest absolute Gasteiger partial charge is 0.354 e. The average Bonchev–Trinajstić information content (AvgIpc) is 2.96. The van der Waals surface area contributed by atoms with Crippen LogP contribution in [-0.4, -0.2) is 29.2 Å². The number of guanidine groups is 1. The number of hydrogen-bond donors (Lipinski definition) is 2. The normalized spacial score (nSPS) is 13.0. The first kappa shape index (κ1) is 16.0. The summed E-state index contributed by atoms with van der Waals surface area (Å²) in [4.78, 5) is 8.36. The standard InChI is InChI=1S/C16H23N5O/c1-12(9-10-14-7-5-4-6-8-14)19-16(17-3)18-11-15-20-13(2)21-22-15/h4-8,12H,9-11H2,1-3H3,(H2,17,18,19). The molecule has 1 unspecified atom stereocenters. The quantitative estimate of drug-likeness (QED) is 0.631. The number of nitrogens with one attached hydrogen (secondary N) is 2. The molecule has 1 atom stereocenters. The van der Waals surface area contributed by atoms with Crippen LogP contribution in [-0.2, 0) is 13.0 Å². The van der Waals surface area contributed by atoms with Gasteiger partial charge in [-0.2, -0.15) is 4.98 Å². The van der Waals surface area contributed by atoms with Gasteiger partial charge in [0.05, 0.1) is 6.54 Å². The number of aliphatic imine (C=N–C) groups is 1. The Kier molecular flexibility index (Phi) is 5.94. The molecule has 1 heterocycles. The average molecular weight is 301 g/mol. The molecule has 1 aromatic heterocycles. The second-order valence-corrected chi connectivity index (χ2v) is 5.23. The number of nitrogens with zero attached hydrogens (tertiary/aromatic N) is 3. The van der Waals surface area contributed by atoms with Crippen molar-refractivity contribution in [1.29, 1.82) is 0 Å². The molecule has 0 spiro atoms. The predicted octanol–water partition coefficient (Wildman–Crippen LogP) is 2.06. The van der Waals surface area contributed by atoms with Gasteiger partial charge in [-0.1, -0.05) is 35.5 Å². The minimum absolute atomic E-state index is 0.316. The van der Waals surface area contributed by atoms with Crippen LogP contribution < -0.4 is 10.6 Å². The zero-order valence-corrected chi connectivity index (χ0v) is 13.3. The lowest BCUT2D eigenvalue weighted by molar-refractivity contribution is 0.371. The zero-order chi connectivity index (χ0) is 15.8. The maximum absolute atomic E-state index is 5.06. The van der Waals surface area contributed by atoms with E-state index in [0.29, 0.717) is 24.3 Å². The molecule has 0 aliphatic heterocycles. The van der Waals surface area contributed by atoms with Crippen LogP contribution in [0.15, 0.2) is 39.8 Å². The van der Waals surface area contributed by atoms with Crippen LogP contribution >= 0.6 is 0 Å². The van der Waals surface area contributed by atoms with Crippen LogP contribution in [0.4, 0.5) is 0 Å². The fourth-order valence-corrected chi connectivity index (χ4v) is 2.10. The van der Waals surface area contributed by atoms with Gasteiger partial charge in [0.1, 0.15) is 0 Å². The van der Waals surface area contributed by atoms with E-state index in [1.54, 1.807) is 14.0 Å². The fraction of sp³-hybridized carbons (Fsp3) is 0.438. The third-order valence-electron chi connectivity index (χ3n) is 3.29. The van der Waals surface area contributed by atoms with E-state index in [9.17, 15) is 0 Å². The van der Waals surface area contributed by atoms with E-state index in [2.05, 4.69) is 57.0 Å². The molecule has 6 nitrogen and oxygen atoms in total. The lowest BCUT2D eigenvalue weighted by Gasteiger charge is -2.17. The van der Waals surface area contributed by atoms with E-state index in [0.717, 1.165) is 18.8 Å². The van der Waals surface area contributed by atoms with Crippen molar-refractivity contribution >= 4 is 5.96 Å². The Bertz CT molecular complexity index is 594. The smallest absolute Gasteiger partial charge is 0.246 e.